The molecule has 0 aromatic heterocycles. The molecule has 3 atom stereocenters. The summed E-state index contributed by atoms with van der Waals surface area (Å²) in [5, 5.41) is 33.2. The van der Waals surface area contributed by atoms with Gasteiger partial charge in [-0.1, -0.05) is 127 Å². The van der Waals surface area contributed by atoms with Crippen LogP contribution < -0.4 is 5.32 Å². The molecule has 0 aliphatic rings. The van der Waals surface area contributed by atoms with Gasteiger partial charge in [0.2, 0.25) is 5.91 Å². The third kappa shape index (κ3) is 27.4. The highest BCUT2D eigenvalue weighted by atomic mass is 16.3. The Kier molecular flexibility index (Phi) is 31.4. The van der Waals surface area contributed by atoms with Crippen LogP contribution in [0.25, 0.3) is 0 Å². The average Bonchev–Trinajstić information content (AvgIpc) is 2.99. The van der Waals surface area contributed by atoms with Gasteiger partial charge in [-0.05, 0) is 70.6 Å². The number of carbonyl (C=O) groups excluding carboxylic acids is 1. The number of allylic oxidation sites excluding steroid dienone is 6. The molecule has 0 aliphatic heterocycles. The highest BCUT2D eigenvalue weighted by Gasteiger charge is 2.26. The molecule has 0 saturated carbocycles. The standard InChI is InChI=1S/C37H69NO4/c1-3-5-7-9-11-13-14-15-16-17-18-19-20-21-22-24-25-27-29-31-35(40)37(42)34(33-39)38-36(41)32-30-28-26-23-12-10-8-6-4-2/h19-20,23-26,34-35,37,39-40,42H,3-18,21-22,27-33H2,1-2H3,(H,38,41)/b20-19+,25-24+,26-23-. The summed E-state index contributed by atoms with van der Waals surface area (Å²) in [6.45, 7) is 4.09. The smallest absolute Gasteiger partial charge is 0.220 e. The van der Waals surface area contributed by atoms with E-state index in [-0.39, 0.29) is 5.91 Å². The second-order valence-corrected chi connectivity index (χ2v) is 12.0. The number of hydrogen-bond donors (Lipinski definition) is 4. The van der Waals surface area contributed by atoms with Crippen molar-refractivity contribution in [3.05, 3.63) is 36.5 Å². The number of amides is 1. The lowest BCUT2D eigenvalue weighted by atomic mass is 10.0. The Hall–Kier alpha value is -1.43. The molecule has 0 aliphatic carbocycles. The summed E-state index contributed by atoms with van der Waals surface area (Å²) in [6.07, 6.45) is 38.2. The van der Waals surface area contributed by atoms with Crippen molar-refractivity contribution in [2.75, 3.05) is 6.61 Å². The van der Waals surface area contributed by atoms with Crippen LogP contribution in [0.4, 0.5) is 0 Å². The highest BCUT2D eigenvalue weighted by Crippen LogP contribution is 2.13. The van der Waals surface area contributed by atoms with E-state index in [2.05, 4.69) is 55.6 Å². The van der Waals surface area contributed by atoms with Crippen molar-refractivity contribution in [1.29, 1.82) is 0 Å². The van der Waals surface area contributed by atoms with E-state index in [1.54, 1.807) is 0 Å². The van der Waals surface area contributed by atoms with Crippen molar-refractivity contribution in [1.82, 2.24) is 5.32 Å². The van der Waals surface area contributed by atoms with Gasteiger partial charge in [-0.15, -0.1) is 0 Å². The monoisotopic (exact) mass is 592 g/mol. The molecule has 0 radical (unpaired) electrons. The molecule has 246 valence electrons. The lowest BCUT2D eigenvalue weighted by molar-refractivity contribution is -0.124. The Bertz CT molecular complexity index is 660. The summed E-state index contributed by atoms with van der Waals surface area (Å²) in [4.78, 5) is 12.2. The molecule has 0 aromatic rings. The first-order chi connectivity index (χ1) is 20.6. The maximum atomic E-state index is 12.2. The zero-order valence-corrected chi connectivity index (χ0v) is 27.6. The molecule has 0 rings (SSSR count). The maximum Gasteiger partial charge on any atom is 0.220 e. The Morgan fingerprint density at radius 3 is 1.48 bits per heavy atom. The van der Waals surface area contributed by atoms with Crippen molar-refractivity contribution in [3.63, 3.8) is 0 Å². The van der Waals surface area contributed by atoms with Gasteiger partial charge in [-0.2, -0.15) is 0 Å². The SMILES string of the molecule is CCCCCC/C=C\CCCC(=O)NC(CO)C(O)C(O)CCC/C=C/CC/C=C/CCCCCCCCCCCC. The van der Waals surface area contributed by atoms with Crippen LogP contribution in [-0.4, -0.2) is 46.1 Å². The minimum absolute atomic E-state index is 0.197. The van der Waals surface area contributed by atoms with Crippen LogP contribution >= 0.6 is 0 Å². The zero-order chi connectivity index (χ0) is 30.9. The molecule has 0 aromatic carbocycles. The van der Waals surface area contributed by atoms with E-state index in [1.165, 1.54) is 96.3 Å². The molecule has 4 N–H and O–H groups in total. The van der Waals surface area contributed by atoms with Crippen LogP contribution in [0.3, 0.4) is 0 Å². The largest absolute Gasteiger partial charge is 0.394 e. The average molecular weight is 592 g/mol. The number of unbranched alkanes of at least 4 members (excludes halogenated alkanes) is 17. The molecule has 0 fully saturated rings. The Balaban J connectivity index is 3.79. The molecule has 1 amide bonds. The number of aliphatic hydroxyl groups excluding tert-OH is 3. The van der Waals surface area contributed by atoms with Crippen molar-refractivity contribution in [2.45, 2.75) is 186 Å². The van der Waals surface area contributed by atoms with E-state index < -0.39 is 24.9 Å². The number of hydrogen-bond acceptors (Lipinski definition) is 4. The first kappa shape index (κ1) is 40.6. The van der Waals surface area contributed by atoms with Gasteiger partial charge in [0.25, 0.3) is 0 Å². The summed E-state index contributed by atoms with van der Waals surface area (Å²) < 4.78 is 0. The third-order valence-corrected chi connectivity index (χ3v) is 7.94. The number of carbonyl (C=O) groups is 1. The fraction of sp³-hybridized carbons (Fsp3) is 0.811. The van der Waals surface area contributed by atoms with Gasteiger partial charge in [-0.3, -0.25) is 4.79 Å². The van der Waals surface area contributed by atoms with E-state index >= 15 is 0 Å². The Labute approximate surface area is 260 Å². The first-order valence-corrected chi connectivity index (χ1v) is 17.8. The summed E-state index contributed by atoms with van der Waals surface area (Å²) in [6, 6.07) is -0.843. The molecule has 5 nitrogen and oxygen atoms in total. The molecule has 0 heterocycles. The molecule has 0 saturated heterocycles. The van der Waals surface area contributed by atoms with E-state index in [0.717, 1.165) is 44.9 Å². The predicted molar refractivity (Wildman–Crippen MR) is 181 cm³/mol. The van der Waals surface area contributed by atoms with Gasteiger partial charge in [0.1, 0.15) is 6.10 Å². The minimum atomic E-state index is -1.17. The number of nitrogens with one attached hydrogen (secondary N) is 1. The Morgan fingerprint density at radius 2 is 0.976 bits per heavy atom. The van der Waals surface area contributed by atoms with Crippen LogP contribution in [0, 0.1) is 0 Å². The minimum Gasteiger partial charge on any atom is -0.394 e. The Morgan fingerprint density at radius 1 is 0.571 bits per heavy atom. The fourth-order valence-corrected chi connectivity index (χ4v) is 5.12. The van der Waals surface area contributed by atoms with Gasteiger partial charge in [0, 0.05) is 6.42 Å². The van der Waals surface area contributed by atoms with Crippen LogP contribution in [0.1, 0.15) is 168 Å². The van der Waals surface area contributed by atoms with Crippen LogP contribution in [0.5, 0.6) is 0 Å². The molecule has 3 unspecified atom stereocenters. The zero-order valence-electron chi connectivity index (χ0n) is 27.6. The first-order valence-electron chi connectivity index (χ1n) is 17.8. The summed E-state index contributed by atoms with van der Waals surface area (Å²) in [5.41, 5.74) is 0. The molecular weight excluding hydrogens is 522 g/mol. The quantitative estimate of drug-likeness (QED) is 0.0478. The molecule has 5 heteroatoms. The van der Waals surface area contributed by atoms with E-state index in [9.17, 15) is 20.1 Å². The van der Waals surface area contributed by atoms with E-state index in [0.29, 0.717) is 12.8 Å². The fourth-order valence-electron chi connectivity index (χ4n) is 5.12. The van der Waals surface area contributed by atoms with Crippen molar-refractivity contribution >= 4 is 5.91 Å². The lowest BCUT2D eigenvalue weighted by Crippen LogP contribution is -2.50. The van der Waals surface area contributed by atoms with Crippen LogP contribution in [-0.2, 0) is 4.79 Å². The van der Waals surface area contributed by atoms with Crippen molar-refractivity contribution in [2.24, 2.45) is 0 Å². The summed E-state index contributed by atoms with van der Waals surface area (Å²) >= 11 is 0. The van der Waals surface area contributed by atoms with E-state index in [1.807, 2.05) is 0 Å². The summed E-state index contributed by atoms with van der Waals surface area (Å²) in [7, 11) is 0. The van der Waals surface area contributed by atoms with Crippen LogP contribution in [0.15, 0.2) is 36.5 Å². The number of aliphatic hydroxyl groups is 3. The predicted octanol–water partition coefficient (Wildman–Crippen LogP) is 9.26. The van der Waals surface area contributed by atoms with Gasteiger partial charge in [0.05, 0.1) is 18.8 Å². The molecule has 42 heavy (non-hydrogen) atoms. The molecular formula is C37H69NO4. The second kappa shape index (κ2) is 32.5. The second-order valence-electron chi connectivity index (χ2n) is 12.0. The van der Waals surface area contributed by atoms with Gasteiger partial charge >= 0.3 is 0 Å². The van der Waals surface area contributed by atoms with Gasteiger partial charge in [-0.25, -0.2) is 0 Å². The third-order valence-electron chi connectivity index (χ3n) is 7.94. The van der Waals surface area contributed by atoms with Crippen molar-refractivity contribution < 1.29 is 20.1 Å². The molecule has 0 bridgehead atoms. The van der Waals surface area contributed by atoms with Crippen molar-refractivity contribution in [3.8, 4) is 0 Å². The topological polar surface area (TPSA) is 89.8 Å². The van der Waals surface area contributed by atoms with Crippen LogP contribution in [0.2, 0.25) is 0 Å². The highest BCUT2D eigenvalue weighted by molar-refractivity contribution is 5.76. The number of rotatable bonds is 31. The maximum absolute atomic E-state index is 12.2. The van der Waals surface area contributed by atoms with Gasteiger partial charge < -0.3 is 20.6 Å². The van der Waals surface area contributed by atoms with Gasteiger partial charge in [0.15, 0.2) is 0 Å². The lowest BCUT2D eigenvalue weighted by Gasteiger charge is -2.26. The summed E-state index contributed by atoms with van der Waals surface area (Å²) in [5.74, 6) is -0.197. The normalized spacial score (nSPS) is 14.3. The van der Waals surface area contributed by atoms with E-state index in [4.69, 9.17) is 0 Å². The molecule has 0 spiro atoms.